The van der Waals surface area contributed by atoms with Gasteiger partial charge in [-0.25, -0.2) is 0 Å². The first-order valence-corrected chi connectivity index (χ1v) is 3.52. The monoisotopic (exact) mass is 153 g/mol. The fourth-order valence-corrected chi connectivity index (χ4v) is 0.861. The highest BCUT2D eigenvalue weighted by Crippen LogP contribution is 1.76. The highest BCUT2D eigenvalue weighted by Gasteiger charge is 2.24. The third kappa shape index (κ3) is 2.42. The topological polar surface area (TPSA) is 36.1 Å². The van der Waals surface area contributed by atoms with Crippen LogP contribution in [0.3, 0.4) is 0 Å². The van der Waals surface area contributed by atoms with Crippen molar-refractivity contribution in [3.05, 3.63) is 0 Å². The average molecular weight is 153 g/mol. The van der Waals surface area contributed by atoms with Crippen LogP contribution in [0.4, 0.5) is 0 Å². The zero-order valence-electron chi connectivity index (χ0n) is 6.52. The molecule has 1 aliphatic rings. The van der Waals surface area contributed by atoms with Crippen LogP contribution in [0.1, 0.15) is 0 Å². The first-order chi connectivity index (χ1) is 5.86. The molecule has 0 bridgehead atoms. The van der Waals surface area contributed by atoms with Crippen LogP contribution < -0.4 is 15.4 Å². The van der Waals surface area contributed by atoms with Crippen molar-refractivity contribution in [3.63, 3.8) is 0 Å². The van der Waals surface area contributed by atoms with E-state index in [1.165, 1.54) is 0 Å². The van der Waals surface area contributed by atoms with Gasteiger partial charge in [-0.05, 0) is 11.8 Å². The third-order valence-electron chi connectivity index (χ3n) is 1.40. The molecule has 3 nitrogen and oxygen atoms in total. The van der Waals surface area contributed by atoms with Crippen molar-refractivity contribution in [2.24, 2.45) is 0 Å². The lowest BCUT2D eigenvalue weighted by Gasteiger charge is -2.20. The quantitative estimate of drug-likeness (QED) is 0.262. The van der Waals surface area contributed by atoms with Gasteiger partial charge < -0.3 is 15.4 Å². The molecule has 1 rings (SSSR count). The number of hydrogen-bond donors (Lipinski definition) is 3. The molecular formula is C6H6B3N3. The third-order valence-corrected chi connectivity index (χ3v) is 1.40. The summed E-state index contributed by atoms with van der Waals surface area (Å²) in [7, 11) is 0.631. The van der Waals surface area contributed by atoms with Gasteiger partial charge in [0, 0.05) is 0 Å². The van der Waals surface area contributed by atoms with Crippen molar-refractivity contribution in [3.8, 4) is 36.3 Å². The van der Waals surface area contributed by atoms with Gasteiger partial charge in [0.05, 0.1) is 0 Å². The average Bonchev–Trinajstić information content (AvgIpc) is 2.15. The number of terminal acetylenes is 2. The van der Waals surface area contributed by atoms with E-state index in [0.717, 1.165) is 0 Å². The molecule has 0 radical (unpaired) electrons. The predicted octanol–water partition coefficient (Wildman–Crippen LogP) is -2.64. The summed E-state index contributed by atoms with van der Waals surface area (Å²) in [5.41, 5.74) is 0. The molecule has 54 valence electrons. The molecule has 0 spiro atoms. The molecule has 0 aromatic heterocycles. The Morgan fingerprint density at radius 1 is 1.17 bits per heavy atom. The fourth-order valence-electron chi connectivity index (χ4n) is 0.861. The normalized spacial score (nSPS) is 14.8. The predicted molar refractivity (Wildman–Crippen MR) is 53.5 cm³/mol. The molecule has 1 heterocycles. The summed E-state index contributed by atoms with van der Waals surface area (Å²) < 4.78 is 0. The van der Waals surface area contributed by atoms with Crippen LogP contribution in [0.2, 0.25) is 0 Å². The summed E-state index contributed by atoms with van der Waals surface area (Å²) in [4.78, 5) is 0. The van der Waals surface area contributed by atoms with Gasteiger partial charge in [0.25, 0.3) is 7.55 Å². The van der Waals surface area contributed by atoms with Crippen molar-refractivity contribution >= 4 is 21.5 Å². The van der Waals surface area contributed by atoms with Gasteiger partial charge in [0.2, 0.25) is 0 Å². The first kappa shape index (κ1) is 8.85. The van der Waals surface area contributed by atoms with Crippen molar-refractivity contribution in [1.82, 2.24) is 15.4 Å². The minimum absolute atomic E-state index is 0.122. The highest BCUT2D eigenvalue weighted by atomic mass is 15.0. The molecule has 1 aliphatic heterocycles. The minimum atomic E-state index is -0.136. The van der Waals surface area contributed by atoms with Gasteiger partial charge in [-0.3, -0.25) is 0 Å². The first-order valence-electron chi connectivity index (χ1n) is 3.52. The second-order valence-electron chi connectivity index (χ2n) is 2.20. The van der Waals surface area contributed by atoms with Crippen LogP contribution in [-0.2, 0) is 0 Å². The van der Waals surface area contributed by atoms with Gasteiger partial charge in [-0.15, -0.1) is 24.5 Å². The SMILES string of the molecule is C#CC#CB1NBNB(C#C)N1. The minimum Gasteiger partial charge on any atom is -0.363 e. The molecule has 0 aromatic rings. The van der Waals surface area contributed by atoms with E-state index < -0.39 is 0 Å². The zero-order chi connectivity index (χ0) is 8.81. The second kappa shape index (κ2) is 4.60. The van der Waals surface area contributed by atoms with Gasteiger partial charge in [-0.2, -0.15) is 0 Å². The summed E-state index contributed by atoms with van der Waals surface area (Å²) >= 11 is 0. The van der Waals surface area contributed by atoms with Crippen LogP contribution in [0, 0.1) is 36.3 Å². The zero-order valence-corrected chi connectivity index (χ0v) is 6.52. The molecule has 0 aromatic carbocycles. The maximum Gasteiger partial charge on any atom is 0.375 e. The number of rotatable bonds is 0. The van der Waals surface area contributed by atoms with E-state index >= 15 is 0 Å². The summed E-state index contributed by atoms with van der Waals surface area (Å²) in [6, 6.07) is 0. The van der Waals surface area contributed by atoms with Crippen molar-refractivity contribution in [2.45, 2.75) is 0 Å². The van der Waals surface area contributed by atoms with Crippen LogP contribution in [0.5, 0.6) is 0 Å². The number of hydrogen-bond acceptors (Lipinski definition) is 3. The largest absolute Gasteiger partial charge is 0.375 e. The lowest BCUT2D eigenvalue weighted by atomic mass is 9.57. The van der Waals surface area contributed by atoms with E-state index in [-0.39, 0.29) is 14.0 Å². The summed E-state index contributed by atoms with van der Waals surface area (Å²) in [6.45, 7) is -0.258. The van der Waals surface area contributed by atoms with Crippen molar-refractivity contribution in [2.75, 3.05) is 0 Å². The van der Waals surface area contributed by atoms with E-state index in [2.05, 4.69) is 38.9 Å². The van der Waals surface area contributed by atoms with Crippen LogP contribution in [0.25, 0.3) is 0 Å². The molecule has 0 aliphatic carbocycles. The van der Waals surface area contributed by atoms with E-state index in [0.29, 0.717) is 7.55 Å². The van der Waals surface area contributed by atoms with Gasteiger partial charge in [-0.1, -0.05) is 0 Å². The maximum atomic E-state index is 5.20. The second-order valence-corrected chi connectivity index (χ2v) is 2.20. The fraction of sp³-hybridized carbons (Fsp3) is 0. The Bertz CT molecular complexity index is 292. The lowest BCUT2D eigenvalue weighted by Crippen LogP contribution is -2.68. The molecule has 3 N–H and O–H groups in total. The Morgan fingerprint density at radius 2 is 1.92 bits per heavy atom. The molecular weight excluding hydrogens is 147 g/mol. The molecule has 12 heavy (non-hydrogen) atoms. The van der Waals surface area contributed by atoms with E-state index in [1.54, 1.807) is 0 Å². The van der Waals surface area contributed by atoms with Gasteiger partial charge in [0.15, 0.2) is 0 Å². The molecule has 0 atom stereocenters. The van der Waals surface area contributed by atoms with E-state index in [4.69, 9.17) is 12.8 Å². The molecule has 1 fully saturated rings. The van der Waals surface area contributed by atoms with Crippen LogP contribution >= 0.6 is 0 Å². The summed E-state index contributed by atoms with van der Waals surface area (Å²) in [6.07, 6.45) is 10.2. The maximum absolute atomic E-state index is 5.20. The molecule has 1 saturated heterocycles. The number of nitrogens with one attached hydrogen (secondary N) is 3. The molecule has 0 amide bonds. The van der Waals surface area contributed by atoms with Crippen LogP contribution in [-0.4, -0.2) is 21.5 Å². The highest BCUT2D eigenvalue weighted by molar-refractivity contribution is 6.88. The van der Waals surface area contributed by atoms with Crippen molar-refractivity contribution < 1.29 is 0 Å². The van der Waals surface area contributed by atoms with Crippen molar-refractivity contribution in [1.29, 1.82) is 0 Å². The Kier molecular flexibility index (Phi) is 3.39. The lowest BCUT2D eigenvalue weighted by molar-refractivity contribution is 1.23. The molecule has 0 saturated carbocycles. The molecule has 0 unspecified atom stereocenters. The summed E-state index contributed by atoms with van der Waals surface area (Å²) in [5.74, 6) is 10.1. The Balaban J connectivity index is 2.48. The van der Waals surface area contributed by atoms with Crippen LogP contribution in [0.15, 0.2) is 0 Å². The summed E-state index contributed by atoms with van der Waals surface area (Å²) in [5, 5.41) is 9.04. The van der Waals surface area contributed by atoms with Gasteiger partial charge in [0.1, 0.15) is 0 Å². The van der Waals surface area contributed by atoms with E-state index in [1.807, 2.05) is 0 Å². The Morgan fingerprint density at radius 3 is 2.58 bits per heavy atom. The van der Waals surface area contributed by atoms with Gasteiger partial charge >= 0.3 is 14.0 Å². The Labute approximate surface area is 74.0 Å². The molecule has 6 heteroatoms. The van der Waals surface area contributed by atoms with E-state index in [9.17, 15) is 0 Å². The Hall–Kier alpha value is -1.25. The smallest absolute Gasteiger partial charge is 0.363 e. The standard InChI is InChI=1S/C6H6B3N3/c1-3-5-6-9-11-7-10-8(4-2)12-9/h1-2,7,10-12H.